The molecule has 0 aromatic heterocycles. The van der Waals surface area contributed by atoms with E-state index >= 15 is 8.78 Å². The van der Waals surface area contributed by atoms with E-state index in [1.807, 2.05) is 34.6 Å². The van der Waals surface area contributed by atoms with Crippen LogP contribution in [-0.2, 0) is 0 Å². The summed E-state index contributed by atoms with van der Waals surface area (Å²) < 4.78 is 93.4. The molecule has 0 bridgehead atoms. The predicted molar refractivity (Wildman–Crippen MR) is 131 cm³/mol. The van der Waals surface area contributed by atoms with Crippen LogP contribution in [0.2, 0.25) is 40.8 Å². The van der Waals surface area contributed by atoms with Gasteiger partial charge in [0.1, 0.15) is 0 Å². The van der Waals surface area contributed by atoms with Gasteiger partial charge in [-0.1, -0.05) is 79.6 Å². The molecule has 0 aliphatic rings. The molecular weight excluding hydrogens is 486 g/mol. The summed E-state index contributed by atoms with van der Waals surface area (Å²) in [6.07, 6.45) is 0. The molecule has 0 heterocycles. The number of hydrogen-bond acceptors (Lipinski definition) is 1. The van der Waals surface area contributed by atoms with Crippen LogP contribution in [0, 0.1) is 41.0 Å². The minimum absolute atomic E-state index is 0.104. The van der Waals surface area contributed by atoms with Crippen molar-refractivity contribution in [1.29, 1.82) is 0 Å². The second kappa shape index (κ2) is 10.2. The van der Waals surface area contributed by atoms with Gasteiger partial charge in [0.2, 0.25) is 5.82 Å². The van der Waals surface area contributed by atoms with E-state index in [1.165, 1.54) is 0 Å². The standard InChI is InChI=1S/C25H35F6OSi2/c1-9-33(10-2,11-3)12-13-34(15(4)5,25(6,7)8)32-24-19(27)16-14-17(26)20(28)21(29)18(16)22(30)23(24)31/h15H,9-13H2,1-8H3. The Hall–Kier alpha value is -1.49. The van der Waals surface area contributed by atoms with Crippen molar-refractivity contribution in [2.45, 2.75) is 96.2 Å². The van der Waals surface area contributed by atoms with Gasteiger partial charge in [-0.3, -0.25) is 0 Å². The highest BCUT2D eigenvalue weighted by atomic mass is 28.4. The lowest BCUT2D eigenvalue weighted by atomic mass is 10.1. The molecule has 0 fully saturated rings. The highest BCUT2D eigenvalue weighted by molar-refractivity contribution is 6.84. The molecule has 0 aliphatic heterocycles. The van der Waals surface area contributed by atoms with Gasteiger partial charge in [-0.25, -0.2) is 22.0 Å². The first-order chi connectivity index (χ1) is 15.6. The number of fused-ring (bicyclic) bond motifs is 1. The van der Waals surface area contributed by atoms with Crippen molar-refractivity contribution < 1.29 is 30.8 Å². The van der Waals surface area contributed by atoms with Crippen molar-refractivity contribution in [3.05, 3.63) is 41.0 Å². The van der Waals surface area contributed by atoms with Gasteiger partial charge in [0.15, 0.2) is 34.8 Å². The Bertz CT molecular complexity index is 1040. The lowest BCUT2D eigenvalue weighted by molar-refractivity contribution is 0.388. The molecule has 1 atom stereocenters. The maximum absolute atomic E-state index is 15.5. The summed E-state index contributed by atoms with van der Waals surface area (Å²) in [7, 11) is -4.70. The van der Waals surface area contributed by atoms with Gasteiger partial charge in [-0.15, -0.1) is 0 Å². The van der Waals surface area contributed by atoms with Crippen molar-refractivity contribution in [3.8, 4) is 5.75 Å². The lowest BCUT2D eigenvalue weighted by Crippen LogP contribution is -2.54. The average molecular weight is 522 g/mol. The molecular formula is C25H35F6OSi2. The highest BCUT2D eigenvalue weighted by Crippen LogP contribution is 2.50. The second-order valence-corrected chi connectivity index (χ2v) is 21.3. The molecule has 1 radical (unpaired) electrons. The van der Waals surface area contributed by atoms with E-state index in [0.29, 0.717) is 6.04 Å². The Kier molecular flexibility index (Phi) is 8.66. The normalized spacial score (nSPS) is 14.7. The lowest BCUT2D eigenvalue weighted by Gasteiger charge is -2.47. The summed E-state index contributed by atoms with van der Waals surface area (Å²) >= 11 is 0. The fourth-order valence-corrected chi connectivity index (χ4v) is 15.6. The first kappa shape index (κ1) is 28.7. The fraction of sp³-hybridized carbons (Fsp3) is 0.600. The Morgan fingerprint density at radius 1 is 0.765 bits per heavy atom. The zero-order valence-electron chi connectivity index (χ0n) is 21.3. The third-order valence-electron chi connectivity index (χ3n) is 7.88. The van der Waals surface area contributed by atoms with Gasteiger partial charge in [-0.2, -0.15) is 4.39 Å². The van der Waals surface area contributed by atoms with E-state index in [0.717, 1.165) is 24.2 Å². The van der Waals surface area contributed by atoms with E-state index in [4.69, 9.17) is 4.43 Å². The van der Waals surface area contributed by atoms with Gasteiger partial charge in [0.05, 0.1) is 13.5 Å². The van der Waals surface area contributed by atoms with Gasteiger partial charge in [-0.05, 0) is 16.6 Å². The molecule has 0 amide bonds. The molecule has 9 heteroatoms. The van der Waals surface area contributed by atoms with Crippen LogP contribution in [0.25, 0.3) is 10.8 Å². The molecule has 1 unspecified atom stereocenters. The molecule has 0 saturated carbocycles. The molecule has 0 aliphatic carbocycles. The maximum Gasteiger partial charge on any atom is 0.259 e. The van der Waals surface area contributed by atoms with Crippen LogP contribution in [0.5, 0.6) is 5.75 Å². The summed E-state index contributed by atoms with van der Waals surface area (Å²) in [5.41, 5.74) is -0.104. The average Bonchev–Trinajstić information content (AvgIpc) is 2.77. The van der Waals surface area contributed by atoms with Crippen LogP contribution in [0.4, 0.5) is 26.3 Å². The van der Waals surface area contributed by atoms with E-state index in [2.05, 4.69) is 20.8 Å². The minimum atomic E-state index is -3.07. The zero-order valence-corrected chi connectivity index (χ0v) is 23.3. The number of rotatable bonds is 9. The summed E-state index contributed by atoms with van der Waals surface area (Å²) in [5.74, 6) is -11.9. The van der Waals surface area contributed by atoms with Gasteiger partial charge < -0.3 is 4.43 Å². The van der Waals surface area contributed by atoms with Crippen LogP contribution in [-0.4, -0.2) is 16.4 Å². The molecule has 191 valence electrons. The smallest absolute Gasteiger partial charge is 0.259 e. The van der Waals surface area contributed by atoms with Gasteiger partial charge in [0, 0.05) is 11.5 Å². The van der Waals surface area contributed by atoms with E-state index in [-0.39, 0.29) is 5.54 Å². The molecule has 0 N–H and O–H groups in total. The molecule has 1 nitrogen and oxygen atoms in total. The molecule has 2 aromatic rings. The van der Waals surface area contributed by atoms with Gasteiger partial charge in [0.25, 0.3) is 8.32 Å². The van der Waals surface area contributed by atoms with Crippen molar-refractivity contribution in [2.24, 2.45) is 0 Å². The second-order valence-electron chi connectivity index (χ2n) is 10.5. The SMILES string of the molecule is CC[Si](CC)(CC)CC[Si](Oc1c(F)c(F)c2c(F)c(F)c(F)[c]c2c1F)(C(C)C)C(C)(C)C. The van der Waals surface area contributed by atoms with Crippen LogP contribution in [0.3, 0.4) is 0 Å². The van der Waals surface area contributed by atoms with E-state index < -0.39 is 72.9 Å². The maximum atomic E-state index is 15.5. The largest absolute Gasteiger partial charge is 0.539 e. The topological polar surface area (TPSA) is 9.23 Å². The summed E-state index contributed by atoms with van der Waals surface area (Å²) in [6.45, 7) is 16.2. The molecule has 0 saturated heterocycles. The van der Waals surface area contributed by atoms with E-state index in [9.17, 15) is 17.6 Å². The number of hydrogen-bond donors (Lipinski definition) is 0. The Balaban J connectivity index is 2.77. The summed E-state index contributed by atoms with van der Waals surface area (Å²) in [6, 6.07) is 6.41. The molecule has 2 rings (SSSR count). The molecule has 0 spiro atoms. The summed E-state index contributed by atoms with van der Waals surface area (Å²) in [4.78, 5) is 0. The van der Waals surface area contributed by atoms with Crippen LogP contribution >= 0.6 is 0 Å². The summed E-state index contributed by atoms with van der Waals surface area (Å²) in [5, 5.41) is -2.82. The first-order valence-electron chi connectivity index (χ1n) is 11.9. The third-order valence-corrected chi connectivity index (χ3v) is 20.2. The van der Waals surface area contributed by atoms with Crippen molar-refractivity contribution in [1.82, 2.24) is 0 Å². The quantitative estimate of drug-likeness (QED) is 0.138. The van der Waals surface area contributed by atoms with Crippen molar-refractivity contribution in [3.63, 3.8) is 0 Å². The monoisotopic (exact) mass is 521 g/mol. The highest BCUT2D eigenvalue weighted by Gasteiger charge is 2.53. The predicted octanol–water partition coefficient (Wildman–Crippen LogP) is 9.52. The van der Waals surface area contributed by atoms with Crippen molar-refractivity contribution >= 4 is 27.2 Å². The fourth-order valence-electron chi connectivity index (χ4n) is 5.19. The van der Waals surface area contributed by atoms with Crippen LogP contribution in [0.15, 0.2) is 0 Å². The van der Waals surface area contributed by atoms with Crippen molar-refractivity contribution in [2.75, 3.05) is 0 Å². The van der Waals surface area contributed by atoms with Crippen LogP contribution in [0.1, 0.15) is 55.4 Å². The molecule has 2 aromatic carbocycles. The Morgan fingerprint density at radius 3 is 1.71 bits per heavy atom. The number of benzene rings is 2. The Labute approximate surface area is 201 Å². The van der Waals surface area contributed by atoms with Crippen LogP contribution < -0.4 is 4.43 Å². The zero-order chi connectivity index (χ0) is 26.2. The van der Waals surface area contributed by atoms with Gasteiger partial charge >= 0.3 is 0 Å². The van der Waals surface area contributed by atoms with E-state index in [1.54, 1.807) is 6.07 Å². The minimum Gasteiger partial charge on any atom is -0.539 e. The number of halogens is 6. The Morgan fingerprint density at radius 2 is 1.26 bits per heavy atom. The third kappa shape index (κ3) is 4.79. The first-order valence-corrected chi connectivity index (χ1v) is 16.9. The molecule has 34 heavy (non-hydrogen) atoms.